The first-order valence-electron chi connectivity index (χ1n) is 13.4. The Bertz CT molecular complexity index is 1420. The van der Waals surface area contributed by atoms with Gasteiger partial charge in [-0.05, 0) is 83.1 Å². The number of carbonyl (C=O) groups excluding carboxylic acids is 1. The van der Waals surface area contributed by atoms with Gasteiger partial charge in [0.15, 0.2) is 0 Å². The van der Waals surface area contributed by atoms with E-state index in [1.54, 1.807) is 0 Å². The molecule has 0 spiro atoms. The number of nitrogens with one attached hydrogen (secondary N) is 1. The van der Waals surface area contributed by atoms with Crippen molar-refractivity contribution < 1.29 is 19.4 Å². The van der Waals surface area contributed by atoms with Gasteiger partial charge in [0.05, 0.1) is 13.0 Å². The molecule has 0 aromatic heterocycles. The SMILES string of the molecule is CCCC(c1ccc(C(=O)NCCC(=O)O)cc1)C(c1ccc(Cl)cc1)c1ccc2cc(OCC)ccc2c1. The molecule has 4 aromatic rings. The van der Waals surface area contributed by atoms with E-state index in [0.29, 0.717) is 17.2 Å². The number of rotatable bonds is 12. The molecule has 0 heterocycles. The van der Waals surface area contributed by atoms with Gasteiger partial charge in [0.25, 0.3) is 5.91 Å². The van der Waals surface area contributed by atoms with Crippen molar-refractivity contribution in [2.45, 2.75) is 44.9 Å². The number of hydrogen-bond acceptors (Lipinski definition) is 3. The molecule has 0 aliphatic carbocycles. The summed E-state index contributed by atoms with van der Waals surface area (Å²) in [7, 11) is 0. The lowest BCUT2D eigenvalue weighted by atomic mass is 9.74. The maximum absolute atomic E-state index is 12.5. The molecule has 6 heteroatoms. The fourth-order valence-electron chi connectivity index (χ4n) is 5.12. The lowest BCUT2D eigenvalue weighted by Gasteiger charge is -2.29. The lowest BCUT2D eigenvalue weighted by molar-refractivity contribution is -0.136. The number of halogens is 1. The normalized spacial score (nSPS) is 12.6. The molecule has 202 valence electrons. The van der Waals surface area contributed by atoms with Gasteiger partial charge in [-0.2, -0.15) is 0 Å². The Kier molecular flexibility index (Phi) is 9.61. The highest BCUT2D eigenvalue weighted by atomic mass is 35.5. The van der Waals surface area contributed by atoms with Crippen molar-refractivity contribution in [3.8, 4) is 5.75 Å². The fraction of sp³-hybridized carbons (Fsp3) is 0.273. The Balaban J connectivity index is 1.71. The van der Waals surface area contributed by atoms with E-state index in [1.807, 2.05) is 49.4 Å². The van der Waals surface area contributed by atoms with E-state index in [4.69, 9.17) is 21.4 Å². The predicted molar refractivity (Wildman–Crippen MR) is 157 cm³/mol. The van der Waals surface area contributed by atoms with Crippen molar-refractivity contribution in [2.24, 2.45) is 0 Å². The van der Waals surface area contributed by atoms with Crippen LogP contribution in [0.3, 0.4) is 0 Å². The van der Waals surface area contributed by atoms with Crippen LogP contribution in [0.1, 0.15) is 72.0 Å². The number of aliphatic carboxylic acids is 1. The molecule has 2 N–H and O–H groups in total. The number of hydrogen-bond donors (Lipinski definition) is 2. The van der Waals surface area contributed by atoms with Gasteiger partial charge < -0.3 is 15.2 Å². The molecule has 0 bridgehead atoms. The van der Waals surface area contributed by atoms with Gasteiger partial charge in [0, 0.05) is 23.0 Å². The second kappa shape index (κ2) is 13.3. The number of benzene rings is 4. The number of carboxylic acids is 1. The summed E-state index contributed by atoms with van der Waals surface area (Å²) in [4.78, 5) is 23.3. The molecule has 4 aromatic carbocycles. The van der Waals surface area contributed by atoms with Crippen LogP contribution in [0.4, 0.5) is 0 Å². The molecule has 2 atom stereocenters. The van der Waals surface area contributed by atoms with Crippen LogP contribution in [0.2, 0.25) is 5.02 Å². The molecule has 0 aliphatic rings. The molecule has 5 nitrogen and oxygen atoms in total. The minimum Gasteiger partial charge on any atom is -0.494 e. The summed E-state index contributed by atoms with van der Waals surface area (Å²) in [5.41, 5.74) is 4.05. The molecule has 0 radical (unpaired) electrons. The van der Waals surface area contributed by atoms with Crippen LogP contribution in [0.15, 0.2) is 84.9 Å². The van der Waals surface area contributed by atoms with Crippen molar-refractivity contribution in [3.05, 3.63) is 112 Å². The van der Waals surface area contributed by atoms with Gasteiger partial charge in [-0.15, -0.1) is 0 Å². The fourth-order valence-corrected chi connectivity index (χ4v) is 5.25. The third-order valence-electron chi connectivity index (χ3n) is 6.96. The smallest absolute Gasteiger partial charge is 0.305 e. The molecular weight excluding hydrogens is 510 g/mol. The Morgan fingerprint density at radius 2 is 1.49 bits per heavy atom. The first-order valence-corrected chi connectivity index (χ1v) is 13.8. The van der Waals surface area contributed by atoms with Crippen LogP contribution in [0.5, 0.6) is 5.75 Å². The molecule has 1 amide bonds. The zero-order chi connectivity index (χ0) is 27.8. The topological polar surface area (TPSA) is 75.6 Å². The van der Waals surface area contributed by atoms with Crippen LogP contribution in [-0.4, -0.2) is 30.1 Å². The van der Waals surface area contributed by atoms with Crippen LogP contribution < -0.4 is 10.1 Å². The molecule has 4 rings (SSSR count). The number of fused-ring (bicyclic) bond motifs is 1. The Labute approximate surface area is 234 Å². The molecule has 39 heavy (non-hydrogen) atoms. The minimum absolute atomic E-state index is 0.0772. The Morgan fingerprint density at radius 3 is 2.15 bits per heavy atom. The van der Waals surface area contributed by atoms with Crippen molar-refractivity contribution in [1.82, 2.24) is 5.32 Å². The Hall–Kier alpha value is -3.83. The maximum atomic E-state index is 12.5. The van der Waals surface area contributed by atoms with E-state index < -0.39 is 5.97 Å². The zero-order valence-corrected chi connectivity index (χ0v) is 23.1. The number of carboxylic acid groups (broad SMARTS) is 1. The zero-order valence-electron chi connectivity index (χ0n) is 22.3. The lowest BCUT2D eigenvalue weighted by Crippen LogP contribution is -2.26. The van der Waals surface area contributed by atoms with E-state index in [0.717, 1.165) is 34.9 Å². The molecule has 2 unspecified atom stereocenters. The van der Waals surface area contributed by atoms with Crippen LogP contribution in [0, 0.1) is 0 Å². The van der Waals surface area contributed by atoms with E-state index in [1.165, 1.54) is 11.1 Å². The molecule has 0 saturated carbocycles. The highest BCUT2D eigenvalue weighted by Gasteiger charge is 2.26. The quantitative estimate of drug-likeness (QED) is 0.191. The summed E-state index contributed by atoms with van der Waals surface area (Å²) in [6.45, 7) is 4.90. The van der Waals surface area contributed by atoms with Gasteiger partial charge in [0.1, 0.15) is 5.75 Å². The van der Waals surface area contributed by atoms with E-state index in [-0.39, 0.29) is 30.7 Å². The number of ether oxygens (including phenoxy) is 1. The summed E-state index contributed by atoms with van der Waals surface area (Å²) >= 11 is 6.26. The second-order valence-electron chi connectivity index (χ2n) is 9.65. The third kappa shape index (κ3) is 7.18. The van der Waals surface area contributed by atoms with E-state index >= 15 is 0 Å². The highest BCUT2D eigenvalue weighted by molar-refractivity contribution is 6.30. The second-order valence-corrected chi connectivity index (χ2v) is 10.1. The van der Waals surface area contributed by atoms with Crippen LogP contribution in [-0.2, 0) is 4.79 Å². The van der Waals surface area contributed by atoms with Gasteiger partial charge in [-0.25, -0.2) is 0 Å². The van der Waals surface area contributed by atoms with Gasteiger partial charge in [-0.3, -0.25) is 9.59 Å². The van der Waals surface area contributed by atoms with Crippen molar-refractivity contribution in [1.29, 1.82) is 0 Å². The third-order valence-corrected chi connectivity index (χ3v) is 7.21. The molecule has 0 saturated heterocycles. The van der Waals surface area contributed by atoms with Crippen LogP contribution in [0.25, 0.3) is 10.8 Å². The highest BCUT2D eigenvalue weighted by Crippen LogP contribution is 2.42. The predicted octanol–water partition coefficient (Wildman–Crippen LogP) is 7.81. The maximum Gasteiger partial charge on any atom is 0.305 e. The molecular formula is C33H34ClNO4. The summed E-state index contributed by atoms with van der Waals surface area (Å²) in [6.07, 6.45) is 1.85. The van der Waals surface area contributed by atoms with E-state index in [2.05, 4.69) is 54.7 Å². The van der Waals surface area contributed by atoms with Gasteiger partial charge in [-0.1, -0.05) is 73.5 Å². The standard InChI is InChI=1S/C33H34ClNO4/c1-3-5-30(22-6-8-24(9-7-22)33(38)35-19-18-31(36)37)32(23-12-15-28(34)16-13-23)27-11-10-26-21-29(39-4-2)17-14-25(26)20-27/h6-17,20-21,30,32H,3-5,18-19H2,1-2H3,(H,35,38)(H,36,37). The van der Waals surface area contributed by atoms with E-state index in [9.17, 15) is 9.59 Å². The largest absolute Gasteiger partial charge is 0.494 e. The summed E-state index contributed by atoms with van der Waals surface area (Å²) in [5.74, 6) is -0.105. The van der Waals surface area contributed by atoms with Crippen LogP contribution >= 0.6 is 11.6 Å². The summed E-state index contributed by atoms with van der Waals surface area (Å²) < 4.78 is 5.69. The minimum atomic E-state index is -0.940. The summed E-state index contributed by atoms with van der Waals surface area (Å²) in [6, 6.07) is 28.6. The number of amides is 1. The molecule has 0 aliphatic heterocycles. The average Bonchev–Trinajstić information content (AvgIpc) is 2.94. The first-order chi connectivity index (χ1) is 18.9. The van der Waals surface area contributed by atoms with Gasteiger partial charge in [0.2, 0.25) is 0 Å². The Morgan fingerprint density at radius 1 is 0.846 bits per heavy atom. The summed E-state index contributed by atoms with van der Waals surface area (Å²) in [5, 5.41) is 14.5. The van der Waals surface area contributed by atoms with Gasteiger partial charge >= 0.3 is 5.97 Å². The van der Waals surface area contributed by atoms with Crippen molar-refractivity contribution in [3.63, 3.8) is 0 Å². The first kappa shape index (κ1) is 28.2. The monoisotopic (exact) mass is 543 g/mol. The molecule has 0 fully saturated rings. The van der Waals surface area contributed by atoms with Crippen molar-refractivity contribution >= 4 is 34.2 Å². The number of carbonyl (C=O) groups is 2. The average molecular weight is 544 g/mol. The van der Waals surface area contributed by atoms with Crippen molar-refractivity contribution in [2.75, 3.05) is 13.2 Å².